The van der Waals surface area contributed by atoms with E-state index in [1.54, 1.807) is 19.0 Å². The summed E-state index contributed by atoms with van der Waals surface area (Å²) < 4.78 is 67.4. The van der Waals surface area contributed by atoms with Crippen molar-refractivity contribution >= 4 is 114 Å². The van der Waals surface area contributed by atoms with Gasteiger partial charge in [-0.25, -0.2) is 19.2 Å². The average Bonchev–Trinajstić information content (AvgIpc) is 3.10. The second kappa shape index (κ2) is 40.5. The number of amides is 5. The van der Waals surface area contributed by atoms with E-state index in [2.05, 4.69) is 67.9 Å². The summed E-state index contributed by atoms with van der Waals surface area (Å²) in [5.41, 5.74) is 9.62. The van der Waals surface area contributed by atoms with Gasteiger partial charge in [-0.3, -0.25) is 19.0 Å². The number of urea groups is 1. The van der Waals surface area contributed by atoms with Crippen LogP contribution in [-0.4, -0.2) is 117 Å². The van der Waals surface area contributed by atoms with Gasteiger partial charge in [0.15, 0.2) is 0 Å². The Balaban J connectivity index is -0.000000110. The minimum Gasteiger partial charge on any atom is -1.00 e. The van der Waals surface area contributed by atoms with Crippen LogP contribution >= 0.6 is 34.8 Å². The fourth-order valence-electron chi connectivity index (χ4n) is 2.31. The van der Waals surface area contributed by atoms with Crippen LogP contribution in [0.2, 0.25) is 0 Å². The van der Waals surface area contributed by atoms with Gasteiger partial charge in [-0.15, -0.1) is 39.7 Å². The Morgan fingerprint density at radius 1 is 0.679 bits per heavy atom. The Morgan fingerprint density at radius 2 is 0.962 bits per heavy atom. The Morgan fingerprint density at radius 3 is 1.13 bits per heavy atom. The summed E-state index contributed by atoms with van der Waals surface area (Å²) in [6.45, 7) is 4.10. The molecule has 302 valence electrons. The maximum Gasteiger partial charge on any atom is 2.00 e. The van der Waals surface area contributed by atoms with Crippen molar-refractivity contribution in [2.75, 3.05) is 63.3 Å². The summed E-state index contributed by atoms with van der Waals surface area (Å²) in [5.74, 6) is 0.295. The molecular formula is C26H40Cl5MgN5O14S2. The van der Waals surface area contributed by atoms with Crippen molar-refractivity contribution in [1.29, 1.82) is 0 Å². The predicted molar refractivity (Wildman–Crippen MR) is 194 cm³/mol. The van der Waals surface area contributed by atoms with Gasteiger partial charge in [-0.1, -0.05) is 0 Å². The first-order valence-corrected chi connectivity index (χ1v) is 17.9. The molecule has 0 saturated heterocycles. The molecule has 2 aromatic rings. The molecule has 0 heterocycles. The molecule has 5 amide bonds. The molecule has 0 saturated carbocycles. The fraction of sp³-hybridized carbons (Fsp3) is 0.385. The molecule has 53 heavy (non-hydrogen) atoms. The van der Waals surface area contributed by atoms with Crippen LogP contribution < -0.4 is 46.9 Å². The molecular weight excluding hydrogens is 872 g/mol. The van der Waals surface area contributed by atoms with E-state index in [0.717, 1.165) is 14.2 Å². The SMILES string of the molecule is CCOC(=O)Nc1ccc(S(=O)(=O)OC)cc1.CCOC(=O)Nc1ccc(S(=O)(=O)OC)cc1.CCl.CCl.NC(=O)N=O.NC(=O)OCCCl.[Cl-].[Cl-].[Mg+2]. The summed E-state index contributed by atoms with van der Waals surface area (Å²) in [6, 6.07) is 9.95. The van der Waals surface area contributed by atoms with Crippen LogP contribution in [0.5, 0.6) is 0 Å². The summed E-state index contributed by atoms with van der Waals surface area (Å²) in [7, 11) is -5.23. The smallest absolute Gasteiger partial charge is 1.00 e. The third kappa shape index (κ3) is 36.1. The Labute approximate surface area is 351 Å². The van der Waals surface area contributed by atoms with E-state index in [1.807, 2.05) is 0 Å². The van der Waals surface area contributed by atoms with E-state index in [9.17, 15) is 31.2 Å². The maximum atomic E-state index is 11.3. The second-order valence-electron chi connectivity index (χ2n) is 7.27. The summed E-state index contributed by atoms with van der Waals surface area (Å²) in [5, 5.41) is 6.66. The Hall–Kier alpha value is -2.64. The summed E-state index contributed by atoms with van der Waals surface area (Å²) >= 11 is 14.4. The van der Waals surface area contributed by atoms with E-state index >= 15 is 0 Å². The molecule has 0 bridgehead atoms. The third-order valence-electron chi connectivity index (χ3n) is 4.18. The van der Waals surface area contributed by atoms with Gasteiger partial charge >= 0.3 is 47.4 Å². The van der Waals surface area contributed by atoms with Crippen LogP contribution in [0.3, 0.4) is 0 Å². The van der Waals surface area contributed by atoms with Crippen molar-refractivity contribution in [1.82, 2.24) is 0 Å². The number of rotatable bonds is 10. The first-order valence-electron chi connectivity index (χ1n) is 13.1. The monoisotopic (exact) mass is 909 g/mol. The molecule has 2 aromatic carbocycles. The van der Waals surface area contributed by atoms with Crippen molar-refractivity contribution < 1.29 is 83.4 Å². The minimum atomic E-state index is -3.70. The molecule has 0 aliphatic rings. The molecule has 0 aliphatic carbocycles. The van der Waals surface area contributed by atoms with Crippen molar-refractivity contribution in [3.63, 3.8) is 0 Å². The number of nitrogens with two attached hydrogens (primary N) is 2. The number of hydrogen-bond acceptors (Lipinski definition) is 14. The molecule has 0 atom stereocenters. The zero-order valence-electron chi connectivity index (χ0n) is 29.2. The number of carbonyl (C=O) groups excluding carboxylic acids is 4. The van der Waals surface area contributed by atoms with Crippen molar-refractivity contribution in [2.45, 2.75) is 23.6 Å². The molecule has 27 heteroatoms. The average molecular weight is 912 g/mol. The topological polar surface area (TPSA) is 288 Å². The largest absolute Gasteiger partial charge is 2.00 e. The predicted octanol–water partition coefficient (Wildman–Crippen LogP) is -1.33. The number of halogens is 5. The fourth-order valence-corrected chi connectivity index (χ4v) is 3.71. The molecule has 2 rings (SSSR count). The molecule has 0 radical (unpaired) electrons. The van der Waals surface area contributed by atoms with Gasteiger partial charge < -0.3 is 50.5 Å². The second-order valence-corrected chi connectivity index (χ2v) is 11.1. The molecule has 0 aromatic heterocycles. The quantitative estimate of drug-likeness (QED) is 0.0707. The van der Waals surface area contributed by atoms with Gasteiger partial charge in [0.2, 0.25) is 0 Å². The standard InChI is InChI=1S/2C10H13NO5S.C3H6ClNO2.2CH3Cl.CH2N2O2.2ClH.Mg/c2*1-3-16-10(12)11-8-4-6-9(7-5-8)17(13,14)15-2;4-1-2-7-3(5)6;2*1-2;2-1(4)3-5;;;/h2*4-7H,3H2,1-2H3,(H,11,12);1-2H2,(H2,5,6);2*1H3;(H2,2,4);2*1H;/q;;;;;;;;+2/p-2. The van der Waals surface area contributed by atoms with E-state index < -0.39 is 44.5 Å². The molecule has 0 spiro atoms. The van der Waals surface area contributed by atoms with Gasteiger partial charge in [0.05, 0.1) is 43.1 Å². The van der Waals surface area contributed by atoms with Crippen LogP contribution in [0.4, 0.5) is 30.6 Å². The van der Waals surface area contributed by atoms with Crippen molar-refractivity contribution in [3.05, 3.63) is 53.4 Å². The van der Waals surface area contributed by atoms with Crippen molar-refractivity contribution in [2.24, 2.45) is 16.6 Å². The van der Waals surface area contributed by atoms with E-state index in [1.165, 1.54) is 61.3 Å². The van der Waals surface area contributed by atoms with E-state index in [0.29, 0.717) is 17.3 Å². The molecule has 0 aliphatic heterocycles. The number of alkyl halides is 3. The van der Waals surface area contributed by atoms with Crippen LogP contribution in [0.1, 0.15) is 13.8 Å². The number of hydrogen-bond donors (Lipinski definition) is 4. The molecule has 0 fully saturated rings. The molecule has 0 unspecified atom stereocenters. The zero-order chi connectivity index (χ0) is 39.8. The zero-order valence-corrected chi connectivity index (χ0v) is 36.0. The number of ether oxygens (including phenoxy) is 3. The van der Waals surface area contributed by atoms with Gasteiger partial charge in [0.25, 0.3) is 20.2 Å². The number of anilines is 2. The summed E-state index contributed by atoms with van der Waals surface area (Å²) in [6.07, 6.45) is 0.991. The number of benzene rings is 2. The molecule has 6 N–H and O–H groups in total. The Kier molecular flexibility index (Phi) is 49.9. The van der Waals surface area contributed by atoms with Crippen LogP contribution in [0.15, 0.2) is 63.5 Å². The number of nitroso groups, excluding NO2 is 1. The van der Waals surface area contributed by atoms with Crippen LogP contribution in [-0.2, 0) is 42.8 Å². The number of nitrogens with zero attached hydrogens (tertiary/aromatic N) is 1. The molecule has 19 nitrogen and oxygen atoms in total. The van der Waals surface area contributed by atoms with Crippen LogP contribution in [0, 0.1) is 4.91 Å². The van der Waals surface area contributed by atoms with E-state index in [4.69, 9.17) is 21.3 Å². The normalized spacial score (nSPS) is 8.92. The summed E-state index contributed by atoms with van der Waals surface area (Å²) in [4.78, 5) is 49.8. The minimum absolute atomic E-state index is 0. The maximum absolute atomic E-state index is 11.3. The number of primary amides is 2. The number of carbonyl (C=O) groups is 4. The first kappa shape index (κ1) is 65.3. The van der Waals surface area contributed by atoms with E-state index in [-0.39, 0.29) is 77.5 Å². The Bertz CT molecular complexity index is 1390. The van der Waals surface area contributed by atoms with Gasteiger partial charge in [0, 0.05) is 29.3 Å². The first-order chi connectivity index (χ1) is 23.5. The number of nitrogens with one attached hydrogen (secondary N) is 2. The van der Waals surface area contributed by atoms with Crippen LogP contribution in [0.25, 0.3) is 0 Å². The third-order valence-corrected chi connectivity index (χ3v) is 6.91. The van der Waals surface area contributed by atoms with Crippen molar-refractivity contribution in [3.8, 4) is 0 Å². The van der Waals surface area contributed by atoms with Gasteiger partial charge in [-0.05, 0) is 62.4 Å². The van der Waals surface area contributed by atoms with Gasteiger partial charge in [-0.2, -0.15) is 16.8 Å². The van der Waals surface area contributed by atoms with Gasteiger partial charge in [0.1, 0.15) is 6.61 Å².